The lowest BCUT2D eigenvalue weighted by atomic mass is 10.2. The fraction of sp³-hybridized carbons (Fsp3) is 0.647. The van der Waals surface area contributed by atoms with Crippen LogP contribution in [0.3, 0.4) is 0 Å². The number of amides is 1. The number of rotatable bonds is 5. The molecule has 1 amide bonds. The molecule has 8 heteroatoms. The molecule has 0 bridgehead atoms. The fourth-order valence-corrected chi connectivity index (χ4v) is 5.19. The highest BCUT2D eigenvalue weighted by Gasteiger charge is 2.33. The van der Waals surface area contributed by atoms with Crippen LogP contribution in [0.2, 0.25) is 0 Å². The number of hydrogen-bond acceptors (Lipinski definition) is 6. The summed E-state index contributed by atoms with van der Waals surface area (Å²) in [5.74, 6) is 1.40. The van der Waals surface area contributed by atoms with Crippen molar-refractivity contribution in [1.29, 1.82) is 0 Å². The summed E-state index contributed by atoms with van der Waals surface area (Å²) in [6.07, 6.45) is 3.28. The van der Waals surface area contributed by atoms with E-state index in [2.05, 4.69) is 20.1 Å². The molecule has 1 atom stereocenters. The first-order chi connectivity index (χ1) is 12.0. The molecule has 0 radical (unpaired) electrons. The molecule has 2 fully saturated rings. The van der Waals surface area contributed by atoms with Crippen molar-refractivity contribution in [2.75, 3.05) is 49.1 Å². The van der Waals surface area contributed by atoms with E-state index in [9.17, 15) is 13.2 Å². The quantitative estimate of drug-likeness (QED) is 0.819. The van der Waals surface area contributed by atoms with Crippen LogP contribution in [0.4, 0.5) is 5.82 Å². The molecule has 2 aliphatic heterocycles. The number of nitrogens with zero attached hydrogens (tertiary/aromatic N) is 3. The van der Waals surface area contributed by atoms with Gasteiger partial charge in [0, 0.05) is 45.0 Å². The first kappa shape index (κ1) is 18.1. The SMILES string of the molecule is CCCNC(=O)c1ccc(N2CCN(C3CCS(=O)(=O)C3)CC2)nc1. The van der Waals surface area contributed by atoms with Gasteiger partial charge >= 0.3 is 0 Å². The van der Waals surface area contributed by atoms with E-state index in [1.54, 1.807) is 6.20 Å². The summed E-state index contributed by atoms with van der Waals surface area (Å²) in [6, 6.07) is 3.87. The summed E-state index contributed by atoms with van der Waals surface area (Å²) < 4.78 is 23.3. The first-order valence-electron chi connectivity index (χ1n) is 8.92. The number of sulfone groups is 1. The normalized spacial score (nSPS) is 23.6. The molecule has 0 spiro atoms. The van der Waals surface area contributed by atoms with E-state index >= 15 is 0 Å². The second-order valence-corrected chi connectivity index (χ2v) is 8.97. The third-order valence-electron chi connectivity index (χ3n) is 4.91. The van der Waals surface area contributed by atoms with E-state index in [1.807, 2.05) is 19.1 Å². The predicted molar refractivity (Wildman–Crippen MR) is 97.7 cm³/mol. The minimum atomic E-state index is -2.84. The van der Waals surface area contributed by atoms with E-state index < -0.39 is 9.84 Å². The molecule has 1 aromatic rings. The molecular weight excluding hydrogens is 340 g/mol. The molecule has 1 unspecified atom stereocenters. The van der Waals surface area contributed by atoms with Crippen LogP contribution in [0.15, 0.2) is 18.3 Å². The van der Waals surface area contributed by atoms with Gasteiger partial charge in [0.25, 0.3) is 5.91 Å². The first-order valence-corrected chi connectivity index (χ1v) is 10.7. The number of carbonyl (C=O) groups excluding carboxylic acids is 1. The van der Waals surface area contributed by atoms with Crippen molar-refractivity contribution >= 4 is 21.6 Å². The summed E-state index contributed by atoms with van der Waals surface area (Å²) in [5.41, 5.74) is 0.576. The molecule has 3 heterocycles. The zero-order valence-corrected chi connectivity index (χ0v) is 15.5. The molecule has 2 aliphatic rings. The van der Waals surface area contributed by atoms with Crippen molar-refractivity contribution in [3.63, 3.8) is 0 Å². The topological polar surface area (TPSA) is 82.6 Å². The van der Waals surface area contributed by atoms with Gasteiger partial charge in [0.2, 0.25) is 0 Å². The highest BCUT2D eigenvalue weighted by Crippen LogP contribution is 2.21. The van der Waals surface area contributed by atoms with Crippen LogP contribution < -0.4 is 10.2 Å². The molecule has 1 aromatic heterocycles. The third kappa shape index (κ3) is 4.49. The standard InChI is InChI=1S/C17H26N4O3S/c1-2-6-18-17(22)14-3-4-16(19-12-14)21-9-7-20(8-10-21)15-5-11-25(23,24)13-15/h3-4,12,15H,2,5-11,13H2,1H3,(H,18,22). The number of hydrogen-bond donors (Lipinski definition) is 1. The number of nitrogens with one attached hydrogen (secondary N) is 1. The van der Waals surface area contributed by atoms with Crippen LogP contribution in [0, 0.1) is 0 Å². The maximum Gasteiger partial charge on any atom is 0.252 e. The fourth-order valence-electron chi connectivity index (χ4n) is 3.43. The molecule has 0 aromatic carbocycles. The van der Waals surface area contributed by atoms with Gasteiger partial charge < -0.3 is 10.2 Å². The predicted octanol–water partition coefficient (Wildman–Crippen LogP) is 0.531. The lowest BCUT2D eigenvalue weighted by Crippen LogP contribution is -2.51. The van der Waals surface area contributed by atoms with Crippen molar-refractivity contribution in [3.05, 3.63) is 23.9 Å². The Morgan fingerprint density at radius 3 is 2.60 bits per heavy atom. The molecule has 25 heavy (non-hydrogen) atoms. The van der Waals surface area contributed by atoms with E-state index in [0.29, 0.717) is 23.6 Å². The van der Waals surface area contributed by atoms with Crippen LogP contribution >= 0.6 is 0 Å². The number of pyridine rings is 1. The van der Waals surface area contributed by atoms with Gasteiger partial charge in [-0.05, 0) is 25.0 Å². The Balaban J connectivity index is 1.53. The Morgan fingerprint density at radius 1 is 1.28 bits per heavy atom. The molecule has 7 nitrogen and oxygen atoms in total. The molecule has 1 N–H and O–H groups in total. The molecule has 3 rings (SSSR count). The highest BCUT2D eigenvalue weighted by atomic mass is 32.2. The summed E-state index contributed by atoms with van der Waals surface area (Å²) in [4.78, 5) is 20.8. The Hall–Kier alpha value is -1.67. The third-order valence-corrected chi connectivity index (χ3v) is 6.66. The van der Waals surface area contributed by atoms with Gasteiger partial charge in [-0.15, -0.1) is 0 Å². The zero-order chi connectivity index (χ0) is 17.9. The number of piperazine rings is 1. The lowest BCUT2D eigenvalue weighted by Gasteiger charge is -2.38. The van der Waals surface area contributed by atoms with E-state index in [-0.39, 0.29) is 11.9 Å². The smallest absolute Gasteiger partial charge is 0.252 e. The van der Waals surface area contributed by atoms with Gasteiger partial charge in [-0.3, -0.25) is 9.69 Å². The average molecular weight is 366 g/mol. The Kier molecular flexibility index (Phi) is 5.58. The van der Waals surface area contributed by atoms with Crippen LogP contribution in [-0.2, 0) is 9.84 Å². The Morgan fingerprint density at radius 2 is 2.04 bits per heavy atom. The Labute approximate surface area is 149 Å². The molecule has 2 saturated heterocycles. The number of anilines is 1. The van der Waals surface area contributed by atoms with Crippen LogP contribution in [0.5, 0.6) is 0 Å². The average Bonchev–Trinajstić information content (AvgIpc) is 3.00. The number of aromatic nitrogens is 1. The van der Waals surface area contributed by atoms with Gasteiger partial charge in [0.1, 0.15) is 5.82 Å². The molecule has 138 valence electrons. The van der Waals surface area contributed by atoms with Gasteiger partial charge in [-0.2, -0.15) is 0 Å². The number of carbonyl (C=O) groups is 1. The summed E-state index contributed by atoms with van der Waals surface area (Å²) >= 11 is 0. The second kappa shape index (κ2) is 7.70. The van der Waals surface area contributed by atoms with Crippen LogP contribution in [-0.4, -0.2) is 74.5 Å². The van der Waals surface area contributed by atoms with E-state index in [1.165, 1.54) is 0 Å². The largest absolute Gasteiger partial charge is 0.354 e. The summed E-state index contributed by atoms with van der Waals surface area (Å²) in [7, 11) is -2.84. The van der Waals surface area contributed by atoms with Crippen molar-refractivity contribution < 1.29 is 13.2 Å². The van der Waals surface area contributed by atoms with Crippen molar-refractivity contribution in [1.82, 2.24) is 15.2 Å². The molecule has 0 aliphatic carbocycles. The maximum absolute atomic E-state index is 11.9. The van der Waals surface area contributed by atoms with Crippen LogP contribution in [0.1, 0.15) is 30.1 Å². The summed E-state index contributed by atoms with van der Waals surface area (Å²) in [5, 5.41) is 2.84. The molecule has 0 saturated carbocycles. The van der Waals surface area contributed by atoms with Crippen molar-refractivity contribution in [2.45, 2.75) is 25.8 Å². The van der Waals surface area contributed by atoms with Gasteiger partial charge in [0.15, 0.2) is 9.84 Å². The minimum Gasteiger partial charge on any atom is -0.354 e. The van der Waals surface area contributed by atoms with Crippen molar-refractivity contribution in [3.8, 4) is 0 Å². The van der Waals surface area contributed by atoms with Gasteiger partial charge in [-0.25, -0.2) is 13.4 Å². The van der Waals surface area contributed by atoms with Crippen molar-refractivity contribution in [2.24, 2.45) is 0 Å². The monoisotopic (exact) mass is 366 g/mol. The van der Waals surface area contributed by atoms with E-state index in [4.69, 9.17) is 0 Å². The van der Waals surface area contributed by atoms with Crippen LogP contribution in [0.25, 0.3) is 0 Å². The lowest BCUT2D eigenvalue weighted by molar-refractivity contribution is 0.0953. The minimum absolute atomic E-state index is 0.0897. The second-order valence-electron chi connectivity index (χ2n) is 6.74. The maximum atomic E-state index is 11.9. The zero-order valence-electron chi connectivity index (χ0n) is 14.6. The van der Waals surface area contributed by atoms with Gasteiger partial charge in [-0.1, -0.05) is 6.92 Å². The summed E-state index contributed by atoms with van der Waals surface area (Å²) in [6.45, 7) is 6.03. The van der Waals surface area contributed by atoms with E-state index in [0.717, 1.165) is 44.8 Å². The highest BCUT2D eigenvalue weighted by molar-refractivity contribution is 7.91. The molecular formula is C17H26N4O3S. The Bertz CT molecular complexity index is 697. The van der Waals surface area contributed by atoms with Gasteiger partial charge in [0.05, 0.1) is 17.1 Å².